The number of urea groups is 1. The molecule has 22 heteroatoms. The zero-order valence-electron chi connectivity index (χ0n) is 42.8. The summed E-state index contributed by atoms with van der Waals surface area (Å²) in [6.07, 6.45) is 9.32. The topological polar surface area (TPSA) is 239 Å². The highest BCUT2D eigenvalue weighted by Crippen LogP contribution is 2.37. The number of nitrogens with two attached hydrogens (primary N) is 1. The van der Waals surface area contributed by atoms with Crippen molar-refractivity contribution in [3.63, 3.8) is 0 Å². The molecule has 4 N–H and O–H groups in total. The number of rotatable bonds is 12. The van der Waals surface area contributed by atoms with Gasteiger partial charge in [0.2, 0.25) is 5.03 Å². The molecule has 2 aromatic carbocycles. The van der Waals surface area contributed by atoms with Crippen molar-refractivity contribution in [2.75, 3.05) is 30.0 Å². The van der Waals surface area contributed by atoms with Gasteiger partial charge in [-0.05, 0) is 113 Å². The van der Waals surface area contributed by atoms with E-state index in [0.29, 0.717) is 33.8 Å². The van der Waals surface area contributed by atoms with Crippen molar-refractivity contribution in [2.45, 2.75) is 103 Å². The van der Waals surface area contributed by atoms with E-state index in [2.05, 4.69) is 29.9 Å². The van der Waals surface area contributed by atoms with Gasteiger partial charge in [0.15, 0.2) is 5.03 Å². The van der Waals surface area contributed by atoms with Crippen LogP contribution in [0.5, 0.6) is 0 Å². The van der Waals surface area contributed by atoms with E-state index in [1.807, 2.05) is 98.2 Å². The molecular weight excluding hydrogens is 979 g/mol. The number of anilines is 3. The van der Waals surface area contributed by atoms with Crippen molar-refractivity contribution >= 4 is 49.2 Å². The van der Waals surface area contributed by atoms with E-state index in [1.54, 1.807) is 43.6 Å². The Balaban J connectivity index is 0.000000212. The van der Waals surface area contributed by atoms with Gasteiger partial charge in [0.1, 0.15) is 11.6 Å². The molecule has 7 rings (SSSR count). The Morgan fingerprint density at radius 2 is 1.19 bits per heavy atom. The number of hydrogen-bond acceptors (Lipinski definition) is 12. The van der Waals surface area contributed by atoms with Gasteiger partial charge in [-0.2, -0.15) is 27.0 Å². The number of nitrogens with one attached hydrogen (secondary N) is 2. The third-order valence-electron chi connectivity index (χ3n) is 11.1. The number of hydrogen-bond donors (Lipinski definition) is 3. The number of aromatic nitrogens is 7. The average Bonchev–Trinajstić information content (AvgIpc) is 4.04. The van der Waals surface area contributed by atoms with Gasteiger partial charge >= 0.3 is 16.1 Å². The predicted octanol–water partition coefficient (Wildman–Crippen LogP) is 8.28. The van der Waals surface area contributed by atoms with Crippen molar-refractivity contribution < 1.29 is 40.1 Å². The standard InChI is InChI=1S/C22H26FN5O3S.C15H17FN2.C14H19N5O3S/c1-13(2)18-11-16(23)12-19(17-7-6-9-24-15(17)5)21(18)25-22(29)27-32(30,31)20-8-10-28(26-20)14(3)4;1-9(2)13-7-11(16)8-14(15(13)17)12-5-4-6-18-10(12)3;1-11(2)19-10-7-13(15-19)23(21,22)16-14(20)18-8-5-12(6-9-18)17(3)4/h6-14H,1-5H3,(H2,25,27,29);4-9H,17H2,1-3H3;5-11H,1-4H3. The van der Waals surface area contributed by atoms with Gasteiger partial charge in [-0.25, -0.2) is 22.9 Å². The third-order valence-corrected chi connectivity index (χ3v) is 13.5. The summed E-state index contributed by atoms with van der Waals surface area (Å²) in [6.45, 7) is 18.8. The highest BCUT2D eigenvalue weighted by atomic mass is 32.2. The van der Waals surface area contributed by atoms with Gasteiger partial charge in [-0.3, -0.25) is 19.3 Å². The summed E-state index contributed by atoms with van der Waals surface area (Å²) in [5, 5.41) is 22.1. The highest BCUT2D eigenvalue weighted by molar-refractivity contribution is 7.90. The lowest BCUT2D eigenvalue weighted by Crippen LogP contribution is -2.51. The molecule has 2 amide bonds. The lowest BCUT2D eigenvalue weighted by atomic mass is 9.93. The van der Waals surface area contributed by atoms with Crippen LogP contribution in [0.4, 0.5) is 30.6 Å². The van der Waals surface area contributed by atoms with Crippen molar-refractivity contribution in [2.24, 2.45) is 4.40 Å². The molecule has 0 aliphatic rings. The number of sulfonamides is 2. The second-order valence-corrected chi connectivity index (χ2v) is 21.4. The summed E-state index contributed by atoms with van der Waals surface area (Å²) in [6, 6.07) is 17.0. The fourth-order valence-corrected chi connectivity index (χ4v) is 8.83. The van der Waals surface area contributed by atoms with Crippen molar-refractivity contribution in [1.29, 1.82) is 0 Å². The van der Waals surface area contributed by atoms with Crippen LogP contribution in [0.2, 0.25) is 0 Å². The SMILES string of the molecule is CC(C)n1ccc(S(=O)(=O)N=C([O-])[n+]2ccc(N(C)C)cc2)n1.Cc1ncccc1-c1cc(F)cc(C(C)C)c1N.Cc1ncccc1-c1cc(F)cc(C(C)C)c1NC(=O)NS(=O)(=O)c1ccn(C(C)C)n1. The van der Waals surface area contributed by atoms with E-state index in [4.69, 9.17) is 5.73 Å². The number of halogens is 2. The fourth-order valence-electron chi connectivity index (χ4n) is 7.16. The molecule has 18 nitrogen and oxygen atoms in total. The van der Waals surface area contributed by atoms with Gasteiger partial charge in [0.05, 0.1) is 18.1 Å². The molecule has 5 aromatic heterocycles. The number of pyridine rings is 3. The van der Waals surface area contributed by atoms with Crippen LogP contribution in [0.3, 0.4) is 0 Å². The normalized spacial score (nSPS) is 11.8. The number of amides is 2. The molecule has 0 atom stereocenters. The van der Waals surface area contributed by atoms with Crippen LogP contribution in [0.25, 0.3) is 22.3 Å². The zero-order chi connectivity index (χ0) is 54.1. The van der Waals surface area contributed by atoms with Crippen LogP contribution in [0.15, 0.2) is 124 Å². The average molecular weight is 1040 g/mol. The molecule has 0 bridgehead atoms. The molecule has 0 aliphatic carbocycles. The first-order chi connectivity index (χ1) is 34.2. The largest absolute Gasteiger partial charge is 0.806 e. The maximum Gasteiger partial charge on any atom is 0.388 e. The molecule has 388 valence electrons. The summed E-state index contributed by atoms with van der Waals surface area (Å²) in [7, 11) is -4.61. The lowest BCUT2D eigenvalue weighted by molar-refractivity contribution is -0.613. The van der Waals surface area contributed by atoms with E-state index < -0.39 is 37.9 Å². The van der Waals surface area contributed by atoms with Crippen LogP contribution in [0, 0.1) is 25.5 Å². The number of benzene rings is 2. The van der Waals surface area contributed by atoms with E-state index in [-0.39, 0.29) is 39.8 Å². The van der Waals surface area contributed by atoms with Crippen molar-refractivity contribution in [1.82, 2.24) is 34.3 Å². The fraction of sp³-hybridized carbons (Fsp3) is 0.314. The Hall–Kier alpha value is -7.59. The van der Waals surface area contributed by atoms with Crippen molar-refractivity contribution in [3.05, 3.63) is 144 Å². The Morgan fingerprint density at radius 3 is 1.67 bits per heavy atom. The monoisotopic (exact) mass is 1040 g/mol. The van der Waals surface area contributed by atoms with Gasteiger partial charge < -0.3 is 21.1 Å². The number of carbonyl (C=O) groups is 1. The summed E-state index contributed by atoms with van der Waals surface area (Å²) in [5.41, 5.74) is 13.5. The van der Waals surface area contributed by atoms with Crippen LogP contribution in [0.1, 0.15) is 102 Å². The smallest absolute Gasteiger partial charge is 0.388 e. The second-order valence-electron chi connectivity index (χ2n) is 18.2. The second kappa shape index (κ2) is 23.8. The van der Waals surface area contributed by atoms with Gasteiger partial charge in [-0.15, -0.1) is 0 Å². The first-order valence-electron chi connectivity index (χ1n) is 23.1. The number of carbonyl (C=O) groups excluding carboxylic acids is 1. The molecule has 0 fully saturated rings. The minimum atomic E-state index is -4.20. The highest BCUT2D eigenvalue weighted by Gasteiger charge is 2.26. The van der Waals surface area contributed by atoms with E-state index in [0.717, 1.165) is 32.6 Å². The Labute approximate surface area is 425 Å². The Morgan fingerprint density at radius 1 is 0.712 bits per heavy atom. The van der Waals surface area contributed by atoms with Gasteiger partial charge in [-0.1, -0.05) is 39.8 Å². The van der Waals surface area contributed by atoms with Crippen molar-refractivity contribution in [3.8, 4) is 22.3 Å². The van der Waals surface area contributed by atoms with Crippen LogP contribution in [-0.2, 0) is 20.0 Å². The first-order valence-corrected chi connectivity index (χ1v) is 26.0. The Kier molecular flexibility index (Phi) is 18.3. The first kappa shape index (κ1) is 56.3. The van der Waals surface area contributed by atoms with Crippen LogP contribution in [-0.4, -0.2) is 72.5 Å². The molecule has 0 spiro atoms. The van der Waals surface area contributed by atoms with Crippen LogP contribution < -0.4 is 30.3 Å². The molecule has 0 saturated heterocycles. The predicted molar refractivity (Wildman–Crippen MR) is 277 cm³/mol. The van der Waals surface area contributed by atoms with Gasteiger partial charge in [0.25, 0.3) is 16.0 Å². The minimum Gasteiger partial charge on any atom is -0.806 e. The number of aryl methyl sites for hydroxylation is 2. The number of nitrogens with zero attached hydrogens (tertiary/aromatic N) is 9. The van der Waals surface area contributed by atoms with E-state index >= 15 is 0 Å². The number of nitrogen functional groups attached to an aromatic ring is 1. The summed E-state index contributed by atoms with van der Waals surface area (Å²) >= 11 is 0. The summed E-state index contributed by atoms with van der Waals surface area (Å²) in [5.74, 6) is -0.678. The molecule has 0 aliphatic heterocycles. The molecule has 73 heavy (non-hydrogen) atoms. The molecule has 0 unspecified atom stereocenters. The molecular formula is C51H62F2N12O6S2. The summed E-state index contributed by atoms with van der Waals surface area (Å²) < 4.78 is 87.0. The van der Waals surface area contributed by atoms with E-state index in [9.17, 15) is 35.5 Å². The Bertz CT molecular complexity index is 3320. The maximum absolute atomic E-state index is 14.4. The zero-order valence-corrected chi connectivity index (χ0v) is 44.5. The van der Waals surface area contributed by atoms with Gasteiger partial charge in [0, 0.05) is 113 Å². The molecule has 0 radical (unpaired) electrons. The molecule has 5 heterocycles. The quantitative estimate of drug-likeness (QED) is 0.0454. The maximum atomic E-state index is 14.4. The van der Waals surface area contributed by atoms with E-state index in [1.165, 1.54) is 70.5 Å². The lowest BCUT2D eigenvalue weighted by Gasteiger charge is -2.19. The van der Waals surface area contributed by atoms with Crippen LogP contribution >= 0.6 is 0 Å². The minimum absolute atomic E-state index is 0.0163. The molecule has 7 aromatic rings. The third kappa shape index (κ3) is 14.3. The molecule has 0 saturated carbocycles. The summed E-state index contributed by atoms with van der Waals surface area (Å²) in [4.78, 5) is 23.0.